The molecule has 0 aliphatic rings. The first-order valence-corrected chi connectivity index (χ1v) is 9.19. The fourth-order valence-electron chi connectivity index (χ4n) is 3.31. The highest BCUT2D eigenvalue weighted by Gasteiger charge is 2.12. The van der Waals surface area contributed by atoms with E-state index in [1.807, 2.05) is 59.2 Å². The van der Waals surface area contributed by atoms with Gasteiger partial charge in [-0.05, 0) is 30.8 Å². The third-order valence-corrected chi connectivity index (χ3v) is 4.90. The summed E-state index contributed by atoms with van der Waals surface area (Å²) in [6, 6.07) is 17.4. The van der Waals surface area contributed by atoms with Crippen molar-refractivity contribution < 1.29 is 0 Å². The summed E-state index contributed by atoms with van der Waals surface area (Å²) in [6.45, 7) is 8.20. The zero-order chi connectivity index (χ0) is 18.5. The van der Waals surface area contributed by atoms with Gasteiger partial charge in [0.1, 0.15) is 0 Å². The number of para-hydroxylation sites is 1. The van der Waals surface area contributed by atoms with Crippen LogP contribution in [0, 0.1) is 5.41 Å². The summed E-state index contributed by atoms with van der Waals surface area (Å²) >= 11 is 0. The number of nitrogens with one attached hydrogen (secondary N) is 1. The van der Waals surface area contributed by atoms with Crippen LogP contribution >= 0.6 is 0 Å². The van der Waals surface area contributed by atoms with Crippen LogP contribution in [-0.4, -0.2) is 33.7 Å². The minimum absolute atomic E-state index is 0.103. The van der Waals surface area contributed by atoms with Gasteiger partial charge in [-0.15, -0.1) is 0 Å². The first-order valence-electron chi connectivity index (χ1n) is 9.19. The van der Waals surface area contributed by atoms with Crippen LogP contribution in [0.5, 0.6) is 0 Å². The zero-order valence-electron chi connectivity index (χ0n) is 15.5. The van der Waals surface area contributed by atoms with Crippen molar-refractivity contribution in [3.63, 3.8) is 0 Å². The topological polar surface area (TPSA) is 54.0 Å². The maximum Gasteiger partial charge on any atom is 0.263 e. The summed E-state index contributed by atoms with van der Waals surface area (Å²) in [5, 5.41) is 9.35. The SMILES string of the molecule is CCN(CC)CCn1c(=N)n(Cc2ccccc2)c(=O)c2ccccc21. The number of rotatable bonds is 7. The molecule has 3 aromatic rings. The molecule has 0 aliphatic carbocycles. The summed E-state index contributed by atoms with van der Waals surface area (Å²) in [6.07, 6.45) is 0. The van der Waals surface area contributed by atoms with E-state index in [0.29, 0.717) is 18.5 Å². The normalized spacial score (nSPS) is 11.3. The molecule has 0 fully saturated rings. The predicted octanol–water partition coefficient (Wildman–Crippen LogP) is 2.67. The molecule has 3 rings (SSSR count). The minimum Gasteiger partial charge on any atom is -0.310 e. The molecule has 1 N–H and O–H groups in total. The lowest BCUT2D eigenvalue weighted by Gasteiger charge is -2.21. The summed E-state index contributed by atoms with van der Waals surface area (Å²) in [5.41, 5.74) is 2.01. The molecule has 5 heteroatoms. The van der Waals surface area contributed by atoms with Crippen molar-refractivity contribution in [2.24, 2.45) is 0 Å². The highest BCUT2D eigenvalue weighted by molar-refractivity contribution is 5.77. The molecule has 5 nitrogen and oxygen atoms in total. The van der Waals surface area contributed by atoms with Crippen LogP contribution in [0.1, 0.15) is 19.4 Å². The van der Waals surface area contributed by atoms with Crippen LogP contribution in [-0.2, 0) is 13.1 Å². The van der Waals surface area contributed by atoms with Crippen molar-refractivity contribution in [1.82, 2.24) is 14.0 Å². The maximum absolute atomic E-state index is 13.0. The molecule has 1 aromatic heterocycles. The van der Waals surface area contributed by atoms with E-state index in [1.165, 1.54) is 0 Å². The van der Waals surface area contributed by atoms with Crippen LogP contribution in [0.4, 0.5) is 0 Å². The molecule has 0 spiro atoms. The molecule has 2 aromatic carbocycles. The third-order valence-electron chi connectivity index (χ3n) is 4.90. The summed E-state index contributed by atoms with van der Waals surface area (Å²) in [5.74, 6) is 0. The average molecular weight is 350 g/mol. The Morgan fingerprint density at radius 1 is 0.923 bits per heavy atom. The fraction of sp³-hybridized carbons (Fsp3) is 0.333. The Kier molecular flexibility index (Phi) is 5.68. The van der Waals surface area contributed by atoms with Gasteiger partial charge < -0.3 is 9.47 Å². The summed E-state index contributed by atoms with van der Waals surface area (Å²) < 4.78 is 3.53. The van der Waals surface area contributed by atoms with E-state index in [9.17, 15) is 4.79 Å². The zero-order valence-corrected chi connectivity index (χ0v) is 15.5. The Bertz CT molecular complexity index is 984. The van der Waals surface area contributed by atoms with Gasteiger partial charge in [-0.3, -0.25) is 14.8 Å². The molecule has 0 saturated heterocycles. The van der Waals surface area contributed by atoms with Crippen molar-refractivity contribution in [2.75, 3.05) is 19.6 Å². The second-order valence-electron chi connectivity index (χ2n) is 6.40. The van der Waals surface area contributed by atoms with Gasteiger partial charge >= 0.3 is 0 Å². The largest absolute Gasteiger partial charge is 0.310 e. The first-order chi connectivity index (χ1) is 12.7. The van der Waals surface area contributed by atoms with Gasteiger partial charge in [0.15, 0.2) is 0 Å². The molecule has 0 amide bonds. The Balaban J connectivity index is 2.10. The van der Waals surface area contributed by atoms with Crippen molar-refractivity contribution in [3.8, 4) is 0 Å². The fourth-order valence-corrected chi connectivity index (χ4v) is 3.31. The van der Waals surface area contributed by atoms with Crippen molar-refractivity contribution >= 4 is 10.9 Å². The van der Waals surface area contributed by atoms with E-state index in [0.717, 1.165) is 30.7 Å². The van der Waals surface area contributed by atoms with E-state index in [1.54, 1.807) is 4.57 Å². The lowest BCUT2D eigenvalue weighted by Crippen LogP contribution is -2.42. The highest BCUT2D eigenvalue weighted by Crippen LogP contribution is 2.09. The van der Waals surface area contributed by atoms with Crippen LogP contribution in [0.3, 0.4) is 0 Å². The lowest BCUT2D eigenvalue weighted by atomic mass is 10.2. The number of nitrogens with zero attached hydrogens (tertiary/aromatic N) is 3. The van der Waals surface area contributed by atoms with E-state index in [4.69, 9.17) is 5.41 Å². The van der Waals surface area contributed by atoms with Gasteiger partial charge in [0.05, 0.1) is 17.4 Å². The van der Waals surface area contributed by atoms with Crippen molar-refractivity contribution in [2.45, 2.75) is 26.9 Å². The Labute approximate surface area is 153 Å². The second kappa shape index (κ2) is 8.15. The van der Waals surface area contributed by atoms with Crippen molar-refractivity contribution in [1.29, 1.82) is 5.41 Å². The van der Waals surface area contributed by atoms with Gasteiger partial charge in [-0.25, -0.2) is 0 Å². The van der Waals surface area contributed by atoms with Crippen LogP contribution in [0.15, 0.2) is 59.4 Å². The molecule has 136 valence electrons. The number of aromatic nitrogens is 2. The Hall–Kier alpha value is -2.66. The smallest absolute Gasteiger partial charge is 0.263 e. The lowest BCUT2D eigenvalue weighted by molar-refractivity contribution is 0.288. The molecular formula is C21H26N4O. The molecule has 0 radical (unpaired) electrons. The van der Waals surface area contributed by atoms with E-state index in [-0.39, 0.29) is 11.2 Å². The molecule has 0 atom stereocenters. The number of likely N-dealkylation sites (N-methyl/N-ethyl adjacent to an activating group) is 1. The van der Waals surface area contributed by atoms with E-state index in [2.05, 4.69) is 18.7 Å². The van der Waals surface area contributed by atoms with Crippen LogP contribution in [0.2, 0.25) is 0 Å². The molecule has 0 unspecified atom stereocenters. The first kappa shape index (κ1) is 18.1. The molecule has 26 heavy (non-hydrogen) atoms. The Morgan fingerprint density at radius 3 is 2.27 bits per heavy atom. The Morgan fingerprint density at radius 2 is 1.58 bits per heavy atom. The van der Waals surface area contributed by atoms with E-state index < -0.39 is 0 Å². The van der Waals surface area contributed by atoms with Gasteiger partial charge in [0, 0.05) is 13.1 Å². The standard InChI is InChI=1S/C21H26N4O/c1-3-23(4-2)14-15-24-19-13-9-8-12-18(19)20(26)25(21(24)22)16-17-10-6-5-7-11-17/h5-13,22H,3-4,14-16H2,1-2H3. The average Bonchev–Trinajstić information content (AvgIpc) is 2.69. The number of hydrogen-bond donors (Lipinski definition) is 1. The summed E-state index contributed by atoms with van der Waals surface area (Å²) in [7, 11) is 0. The molecule has 0 bridgehead atoms. The summed E-state index contributed by atoms with van der Waals surface area (Å²) in [4.78, 5) is 15.3. The predicted molar refractivity (Wildman–Crippen MR) is 105 cm³/mol. The monoisotopic (exact) mass is 350 g/mol. The van der Waals surface area contributed by atoms with E-state index >= 15 is 0 Å². The number of hydrogen-bond acceptors (Lipinski definition) is 3. The number of fused-ring (bicyclic) bond motifs is 1. The van der Waals surface area contributed by atoms with Gasteiger partial charge in [0.25, 0.3) is 5.56 Å². The maximum atomic E-state index is 13.0. The second-order valence-corrected chi connectivity index (χ2v) is 6.40. The minimum atomic E-state index is -0.103. The quantitative estimate of drug-likeness (QED) is 0.712. The molecule has 0 saturated carbocycles. The van der Waals surface area contributed by atoms with Gasteiger partial charge in [-0.2, -0.15) is 0 Å². The highest BCUT2D eigenvalue weighted by atomic mass is 16.1. The molecule has 1 heterocycles. The van der Waals surface area contributed by atoms with Gasteiger partial charge in [0.2, 0.25) is 5.62 Å². The van der Waals surface area contributed by atoms with Crippen LogP contribution in [0.25, 0.3) is 10.9 Å². The molecular weight excluding hydrogens is 324 g/mol. The van der Waals surface area contributed by atoms with Crippen molar-refractivity contribution in [3.05, 3.63) is 76.1 Å². The third kappa shape index (κ3) is 3.63. The van der Waals surface area contributed by atoms with Crippen LogP contribution < -0.4 is 11.2 Å². The number of benzene rings is 2. The molecule has 0 aliphatic heterocycles. The van der Waals surface area contributed by atoms with Gasteiger partial charge in [-0.1, -0.05) is 56.3 Å².